The lowest BCUT2D eigenvalue weighted by atomic mass is 10.2. The van der Waals surface area contributed by atoms with Gasteiger partial charge in [0, 0.05) is 10.5 Å². The van der Waals surface area contributed by atoms with Crippen LogP contribution in [-0.2, 0) is 9.84 Å². The lowest BCUT2D eigenvalue weighted by molar-refractivity contribution is 0.0698. The van der Waals surface area contributed by atoms with E-state index in [4.69, 9.17) is 5.11 Å². The molecule has 0 saturated carbocycles. The number of benzene rings is 1. The molecule has 0 aromatic heterocycles. The number of sulfone groups is 1. The molecule has 0 spiro atoms. The molecule has 2 rings (SSSR count). The third-order valence-electron chi connectivity index (χ3n) is 3.03. The molecule has 9 heteroatoms. The maximum absolute atomic E-state index is 11.8. The fourth-order valence-corrected chi connectivity index (χ4v) is 4.09. The molecule has 0 radical (unpaired) electrons. The van der Waals surface area contributed by atoms with Crippen LogP contribution in [0.5, 0.6) is 0 Å². The molecule has 0 bridgehead atoms. The fourth-order valence-electron chi connectivity index (χ4n) is 2.06. The minimum absolute atomic E-state index is 0.0522. The molecule has 1 heterocycles. The zero-order valence-electron chi connectivity index (χ0n) is 10.8. The van der Waals surface area contributed by atoms with E-state index in [1.54, 1.807) is 6.07 Å². The number of anilines is 1. The maximum atomic E-state index is 11.8. The van der Waals surface area contributed by atoms with Crippen LogP contribution in [0.3, 0.4) is 0 Å². The van der Waals surface area contributed by atoms with Crippen molar-refractivity contribution in [2.45, 2.75) is 12.5 Å². The first-order chi connectivity index (χ1) is 9.77. The first kappa shape index (κ1) is 15.8. The molecular weight excluding hydrogens is 364 g/mol. The maximum Gasteiger partial charge on any atom is 0.337 e. The Morgan fingerprint density at radius 3 is 2.62 bits per heavy atom. The largest absolute Gasteiger partial charge is 0.478 e. The van der Waals surface area contributed by atoms with Gasteiger partial charge in [-0.15, -0.1) is 0 Å². The first-order valence-electron chi connectivity index (χ1n) is 6.07. The van der Waals surface area contributed by atoms with E-state index in [0.29, 0.717) is 10.9 Å². The Morgan fingerprint density at radius 1 is 1.33 bits per heavy atom. The number of hydrogen-bond donors (Lipinski definition) is 3. The number of carbonyl (C=O) groups excluding carboxylic acids is 1. The van der Waals surface area contributed by atoms with E-state index in [9.17, 15) is 18.0 Å². The molecule has 21 heavy (non-hydrogen) atoms. The summed E-state index contributed by atoms with van der Waals surface area (Å²) in [6.45, 7) is 0. The smallest absolute Gasteiger partial charge is 0.337 e. The Morgan fingerprint density at radius 2 is 2.05 bits per heavy atom. The van der Waals surface area contributed by atoms with Crippen molar-refractivity contribution in [1.82, 2.24) is 5.32 Å². The lowest BCUT2D eigenvalue weighted by Gasteiger charge is -2.13. The van der Waals surface area contributed by atoms with Gasteiger partial charge in [0.15, 0.2) is 9.84 Å². The molecule has 3 N–H and O–H groups in total. The van der Waals surface area contributed by atoms with E-state index in [1.165, 1.54) is 12.1 Å². The second-order valence-corrected chi connectivity index (χ2v) is 7.84. The van der Waals surface area contributed by atoms with Crippen molar-refractivity contribution in [3.63, 3.8) is 0 Å². The summed E-state index contributed by atoms with van der Waals surface area (Å²) < 4.78 is 23.2. The molecule has 1 aromatic rings. The molecule has 114 valence electrons. The van der Waals surface area contributed by atoms with Gasteiger partial charge in [0.25, 0.3) is 0 Å². The van der Waals surface area contributed by atoms with Crippen LogP contribution in [0.15, 0.2) is 22.7 Å². The van der Waals surface area contributed by atoms with Crippen LogP contribution in [0.4, 0.5) is 10.5 Å². The number of carbonyl (C=O) groups is 2. The first-order valence-corrected chi connectivity index (χ1v) is 8.69. The van der Waals surface area contributed by atoms with E-state index >= 15 is 0 Å². The Bertz CT molecular complexity index is 689. The second-order valence-electron chi connectivity index (χ2n) is 4.69. The highest BCUT2D eigenvalue weighted by Gasteiger charge is 2.29. The highest BCUT2D eigenvalue weighted by molar-refractivity contribution is 9.10. The molecule has 1 atom stereocenters. The van der Waals surface area contributed by atoms with Gasteiger partial charge in [-0.2, -0.15) is 0 Å². The predicted octanol–water partition coefficient (Wildman–Crippen LogP) is 1.46. The zero-order chi connectivity index (χ0) is 15.6. The van der Waals surface area contributed by atoms with Crippen molar-refractivity contribution in [3.05, 3.63) is 28.2 Å². The number of hydrogen-bond acceptors (Lipinski definition) is 4. The number of carboxylic acids is 1. The van der Waals surface area contributed by atoms with Crippen molar-refractivity contribution in [2.75, 3.05) is 16.8 Å². The minimum atomic E-state index is -3.08. The average molecular weight is 377 g/mol. The average Bonchev–Trinajstić information content (AvgIpc) is 2.70. The van der Waals surface area contributed by atoms with Gasteiger partial charge in [0.1, 0.15) is 0 Å². The topological polar surface area (TPSA) is 113 Å². The molecule has 1 aliphatic heterocycles. The fraction of sp³-hybridized carbons (Fsp3) is 0.333. The number of urea groups is 1. The van der Waals surface area contributed by atoms with Crippen LogP contribution in [0, 0.1) is 0 Å². The van der Waals surface area contributed by atoms with Crippen LogP contribution in [0.1, 0.15) is 16.8 Å². The van der Waals surface area contributed by atoms with E-state index in [1.807, 2.05) is 0 Å². The standard InChI is InChI=1S/C12H13BrN2O5S/c13-7-1-2-10(9(5-7)11(16)17)15-12(18)14-8-3-4-21(19,20)6-8/h1-2,5,8H,3-4,6H2,(H,16,17)(H2,14,15,18). The molecule has 2 amide bonds. The van der Waals surface area contributed by atoms with Gasteiger partial charge < -0.3 is 15.7 Å². The van der Waals surface area contributed by atoms with Gasteiger partial charge >= 0.3 is 12.0 Å². The molecule has 1 fully saturated rings. The Kier molecular flexibility index (Phi) is 4.52. The second kappa shape index (κ2) is 6.02. The predicted molar refractivity (Wildman–Crippen MR) is 80.3 cm³/mol. The minimum Gasteiger partial charge on any atom is -0.478 e. The summed E-state index contributed by atoms with van der Waals surface area (Å²) in [5.41, 5.74) is 0.0858. The van der Waals surface area contributed by atoms with Gasteiger partial charge in [-0.05, 0) is 24.6 Å². The summed E-state index contributed by atoms with van der Waals surface area (Å²) in [6.07, 6.45) is 0.363. The molecule has 7 nitrogen and oxygen atoms in total. The number of rotatable bonds is 3. The van der Waals surface area contributed by atoms with E-state index in [0.717, 1.165) is 0 Å². The molecule has 0 aliphatic carbocycles. The van der Waals surface area contributed by atoms with Crippen molar-refractivity contribution < 1.29 is 23.1 Å². The summed E-state index contributed by atoms with van der Waals surface area (Å²) in [5.74, 6) is -1.21. The molecular formula is C12H13BrN2O5S. The lowest BCUT2D eigenvalue weighted by Crippen LogP contribution is -2.38. The van der Waals surface area contributed by atoms with Gasteiger partial charge in [-0.1, -0.05) is 15.9 Å². The molecule has 1 aliphatic rings. The number of amides is 2. The monoisotopic (exact) mass is 376 g/mol. The van der Waals surface area contributed by atoms with Crippen molar-refractivity contribution in [2.24, 2.45) is 0 Å². The normalized spacial score (nSPS) is 20.0. The highest BCUT2D eigenvalue weighted by atomic mass is 79.9. The van der Waals surface area contributed by atoms with Crippen LogP contribution in [0.25, 0.3) is 0 Å². The van der Waals surface area contributed by atoms with E-state index in [-0.39, 0.29) is 22.8 Å². The van der Waals surface area contributed by atoms with Crippen LogP contribution in [0.2, 0.25) is 0 Å². The number of halogens is 1. The van der Waals surface area contributed by atoms with Crippen molar-refractivity contribution in [1.29, 1.82) is 0 Å². The quantitative estimate of drug-likeness (QED) is 0.738. The third kappa shape index (κ3) is 4.18. The zero-order valence-corrected chi connectivity index (χ0v) is 13.2. The molecule has 1 unspecified atom stereocenters. The summed E-state index contributed by atoms with van der Waals surface area (Å²) in [6, 6.07) is 3.36. The number of nitrogens with one attached hydrogen (secondary N) is 2. The summed E-state index contributed by atoms with van der Waals surface area (Å²) in [4.78, 5) is 22.9. The Balaban J connectivity index is 2.05. The number of aromatic carboxylic acids is 1. The van der Waals surface area contributed by atoms with Crippen molar-refractivity contribution >= 4 is 43.5 Å². The van der Waals surface area contributed by atoms with Crippen LogP contribution < -0.4 is 10.6 Å². The van der Waals surface area contributed by atoms with E-state index < -0.39 is 27.9 Å². The Hall–Kier alpha value is -1.61. The van der Waals surface area contributed by atoms with Gasteiger partial charge in [0.05, 0.1) is 22.8 Å². The highest BCUT2D eigenvalue weighted by Crippen LogP contribution is 2.21. The van der Waals surface area contributed by atoms with Crippen LogP contribution in [-0.4, -0.2) is 43.1 Å². The third-order valence-corrected chi connectivity index (χ3v) is 5.29. The van der Waals surface area contributed by atoms with Crippen LogP contribution >= 0.6 is 15.9 Å². The SMILES string of the molecule is O=C(Nc1ccc(Br)cc1C(=O)O)NC1CCS(=O)(=O)C1. The number of carboxylic acid groups (broad SMARTS) is 1. The molecule has 1 saturated heterocycles. The molecule has 1 aromatic carbocycles. The van der Waals surface area contributed by atoms with Gasteiger partial charge in [-0.3, -0.25) is 0 Å². The van der Waals surface area contributed by atoms with Gasteiger partial charge in [-0.25, -0.2) is 18.0 Å². The van der Waals surface area contributed by atoms with Gasteiger partial charge in [0.2, 0.25) is 0 Å². The van der Waals surface area contributed by atoms with E-state index in [2.05, 4.69) is 26.6 Å². The Labute approximate surface area is 129 Å². The summed E-state index contributed by atoms with van der Waals surface area (Å²) in [5, 5.41) is 14.0. The van der Waals surface area contributed by atoms with Crippen molar-refractivity contribution in [3.8, 4) is 0 Å². The summed E-state index contributed by atoms with van der Waals surface area (Å²) >= 11 is 3.16. The summed E-state index contributed by atoms with van der Waals surface area (Å²) in [7, 11) is -3.08.